The average molecular weight is 328 g/mol. The number of esters is 1. The SMILES string of the molecule is CCOC(=O)N(C(=O)c1ccccc1)[C@H](C(=O)OC)[C@H](C)Cl. The van der Waals surface area contributed by atoms with Crippen LogP contribution in [-0.2, 0) is 14.3 Å². The third-order valence-electron chi connectivity index (χ3n) is 2.86. The molecule has 0 heterocycles. The van der Waals surface area contributed by atoms with Crippen molar-refractivity contribution in [3.63, 3.8) is 0 Å². The summed E-state index contributed by atoms with van der Waals surface area (Å²) < 4.78 is 9.52. The first-order valence-electron chi connectivity index (χ1n) is 6.71. The number of carbonyl (C=O) groups excluding carboxylic acids is 3. The van der Waals surface area contributed by atoms with Gasteiger partial charge in [0.25, 0.3) is 5.91 Å². The van der Waals surface area contributed by atoms with E-state index in [-0.39, 0.29) is 12.2 Å². The van der Waals surface area contributed by atoms with Gasteiger partial charge in [-0.15, -0.1) is 11.6 Å². The highest BCUT2D eigenvalue weighted by atomic mass is 35.5. The molecule has 0 aromatic heterocycles. The lowest BCUT2D eigenvalue weighted by atomic mass is 10.1. The van der Waals surface area contributed by atoms with Crippen molar-refractivity contribution in [2.75, 3.05) is 13.7 Å². The van der Waals surface area contributed by atoms with Crippen LogP contribution in [0.5, 0.6) is 0 Å². The maximum absolute atomic E-state index is 12.6. The number of benzene rings is 1. The van der Waals surface area contributed by atoms with Crippen LogP contribution in [0.1, 0.15) is 24.2 Å². The van der Waals surface area contributed by atoms with Gasteiger partial charge in [0.15, 0.2) is 6.04 Å². The van der Waals surface area contributed by atoms with Crippen molar-refractivity contribution in [1.82, 2.24) is 4.90 Å². The maximum atomic E-state index is 12.6. The highest BCUT2D eigenvalue weighted by Gasteiger charge is 2.40. The van der Waals surface area contributed by atoms with E-state index >= 15 is 0 Å². The van der Waals surface area contributed by atoms with Crippen molar-refractivity contribution >= 4 is 29.6 Å². The molecule has 0 spiro atoms. The summed E-state index contributed by atoms with van der Waals surface area (Å²) in [7, 11) is 1.16. The molecular formula is C15H18ClNO5. The van der Waals surface area contributed by atoms with Gasteiger partial charge in [-0.25, -0.2) is 14.5 Å². The van der Waals surface area contributed by atoms with Crippen molar-refractivity contribution in [3.8, 4) is 0 Å². The third-order valence-corrected chi connectivity index (χ3v) is 3.10. The van der Waals surface area contributed by atoms with E-state index in [1.54, 1.807) is 25.1 Å². The molecule has 22 heavy (non-hydrogen) atoms. The smallest absolute Gasteiger partial charge is 0.417 e. The van der Waals surface area contributed by atoms with Crippen LogP contribution in [0.2, 0.25) is 0 Å². The van der Waals surface area contributed by atoms with Crippen LogP contribution in [0.3, 0.4) is 0 Å². The Hall–Kier alpha value is -2.08. The first-order valence-corrected chi connectivity index (χ1v) is 7.14. The van der Waals surface area contributed by atoms with Gasteiger partial charge in [-0.3, -0.25) is 4.79 Å². The van der Waals surface area contributed by atoms with Crippen LogP contribution in [0.4, 0.5) is 4.79 Å². The molecular weight excluding hydrogens is 310 g/mol. The molecule has 7 heteroatoms. The summed E-state index contributed by atoms with van der Waals surface area (Å²) in [6, 6.07) is 6.80. The number of carbonyl (C=O) groups is 3. The lowest BCUT2D eigenvalue weighted by molar-refractivity contribution is -0.145. The molecule has 120 valence electrons. The van der Waals surface area contributed by atoms with E-state index in [0.717, 1.165) is 7.11 Å². The Balaban J connectivity index is 3.25. The Kier molecular flexibility index (Phi) is 6.85. The zero-order chi connectivity index (χ0) is 16.7. The number of imide groups is 1. The summed E-state index contributed by atoms with van der Waals surface area (Å²) in [5, 5.41) is -0.843. The van der Waals surface area contributed by atoms with E-state index in [9.17, 15) is 14.4 Å². The van der Waals surface area contributed by atoms with E-state index in [2.05, 4.69) is 4.74 Å². The zero-order valence-corrected chi connectivity index (χ0v) is 13.4. The Morgan fingerprint density at radius 2 is 1.82 bits per heavy atom. The van der Waals surface area contributed by atoms with Crippen LogP contribution in [0, 0.1) is 0 Å². The largest absolute Gasteiger partial charge is 0.467 e. The van der Waals surface area contributed by atoms with Crippen LogP contribution >= 0.6 is 11.6 Å². The van der Waals surface area contributed by atoms with Gasteiger partial charge in [0.1, 0.15) is 0 Å². The molecule has 0 saturated carbocycles. The van der Waals surface area contributed by atoms with Gasteiger partial charge >= 0.3 is 12.1 Å². The number of hydrogen-bond acceptors (Lipinski definition) is 5. The van der Waals surface area contributed by atoms with Crippen LogP contribution in [-0.4, -0.2) is 48.0 Å². The highest BCUT2D eigenvalue weighted by Crippen LogP contribution is 2.17. The molecule has 2 amide bonds. The predicted octanol–water partition coefficient (Wildman–Crippen LogP) is 2.45. The second-order valence-corrected chi connectivity index (χ2v) is 5.07. The molecule has 0 unspecified atom stereocenters. The molecule has 0 saturated heterocycles. The monoisotopic (exact) mass is 327 g/mol. The van der Waals surface area contributed by atoms with Crippen LogP contribution in [0.15, 0.2) is 30.3 Å². The fourth-order valence-corrected chi connectivity index (χ4v) is 2.07. The van der Waals surface area contributed by atoms with Crippen molar-refractivity contribution in [1.29, 1.82) is 0 Å². The van der Waals surface area contributed by atoms with Crippen molar-refractivity contribution < 1.29 is 23.9 Å². The molecule has 0 radical (unpaired) electrons. The van der Waals surface area contributed by atoms with Gasteiger partial charge in [0.2, 0.25) is 0 Å². The molecule has 0 N–H and O–H groups in total. The second-order valence-electron chi connectivity index (χ2n) is 4.39. The number of alkyl halides is 1. The molecule has 0 fully saturated rings. The standard InChI is InChI=1S/C15H18ClNO5/c1-4-22-15(20)17(12(10(2)16)14(19)21-3)13(18)11-8-6-5-7-9-11/h5-10,12H,4H2,1-3H3/t10-,12-/m0/s1. The van der Waals surface area contributed by atoms with E-state index in [0.29, 0.717) is 4.90 Å². The lowest BCUT2D eigenvalue weighted by Gasteiger charge is -2.28. The van der Waals surface area contributed by atoms with Gasteiger partial charge in [-0.05, 0) is 26.0 Å². The third kappa shape index (κ3) is 4.21. The van der Waals surface area contributed by atoms with Gasteiger partial charge in [0.05, 0.1) is 19.1 Å². The predicted molar refractivity (Wildman–Crippen MR) is 80.8 cm³/mol. The van der Waals surface area contributed by atoms with Crippen LogP contribution in [0.25, 0.3) is 0 Å². The number of methoxy groups -OCH3 is 1. The Morgan fingerprint density at radius 3 is 2.27 bits per heavy atom. The summed E-state index contributed by atoms with van der Waals surface area (Å²) in [4.78, 5) is 37.4. The number of ether oxygens (including phenoxy) is 2. The minimum Gasteiger partial charge on any atom is -0.467 e. The molecule has 6 nitrogen and oxygen atoms in total. The van der Waals surface area contributed by atoms with E-state index in [1.165, 1.54) is 19.1 Å². The highest BCUT2D eigenvalue weighted by molar-refractivity contribution is 6.23. The quantitative estimate of drug-likeness (QED) is 0.613. The van der Waals surface area contributed by atoms with Crippen molar-refractivity contribution in [2.24, 2.45) is 0 Å². The van der Waals surface area contributed by atoms with Gasteiger partial charge in [-0.1, -0.05) is 18.2 Å². The summed E-state index contributed by atoms with van der Waals surface area (Å²) in [5.74, 6) is -1.47. The first kappa shape index (κ1) is 18.0. The minimum atomic E-state index is -1.28. The average Bonchev–Trinajstić information content (AvgIpc) is 2.51. The summed E-state index contributed by atoms with van der Waals surface area (Å²) in [5.41, 5.74) is 0.238. The fraction of sp³-hybridized carbons (Fsp3) is 0.400. The normalized spacial score (nSPS) is 12.9. The van der Waals surface area contributed by atoms with Gasteiger partial charge in [-0.2, -0.15) is 0 Å². The molecule has 0 aliphatic carbocycles. The number of halogens is 1. The molecule has 1 aromatic rings. The van der Waals surface area contributed by atoms with Crippen molar-refractivity contribution in [2.45, 2.75) is 25.3 Å². The maximum Gasteiger partial charge on any atom is 0.417 e. The Labute approximate surface area is 133 Å². The van der Waals surface area contributed by atoms with E-state index in [1.807, 2.05) is 0 Å². The second kappa shape index (κ2) is 8.38. The Bertz CT molecular complexity index is 532. The summed E-state index contributed by atoms with van der Waals surface area (Å²) in [6.07, 6.45) is -0.945. The molecule has 1 aromatic carbocycles. The zero-order valence-electron chi connectivity index (χ0n) is 12.6. The summed E-state index contributed by atoms with van der Waals surface area (Å²) in [6.45, 7) is 3.15. The van der Waals surface area contributed by atoms with Gasteiger partial charge < -0.3 is 9.47 Å². The first-order chi connectivity index (χ1) is 10.4. The fourth-order valence-electron chi connectivity index (χ4n) is 1.85. The van der Waals surface area contributed by atoms with E-state index < -0.39 is 29.4 Å². The minimum absolute atomic E-state index is 0.0575. The van der Waals surface area contributed by atoms with Crippen molar-refractivity contribution in [3.05, 3.63) is 35.9 Å². The molecule has 0 bridgehead atoms. The van der Waals surface area contributed by atoms with Crippen LogP contribution < -0.4 is 0 Å². The van der Waals surface area contributed by atoms with E-state index in [4.69, 9.17) is 16.3 Å². The number of hydrogen-bond donors (Lipinski definition) is 0. The number of rotatable bonds is 5. The topological polar surface area (TPSA) is 72.9 Å². The molecule has 2 atom stereocenters. The summed E-state index contributed by atoms with van der Waals surface area (Å²) >= 11 is 5.99. The number of amides is 2. The number of nitrogens with zero attached hydrogens (tertiary/aromatic N) is 1. The lowest BCUT2D eigenvalue weighted by Crippen LogP contribution is -2.53. The molecule has 0 aliphatic rings. The molecule has 1 rings (SSSR count). The molecule has 0 aliphatic heterocycles. The van der Waals surface area contributed by atoms with Gasteiger partial charge in [0, 0.05) is 5.56 Å². The Morgan fingerprint density at radius 1 is 1.23 bits per heavy atom.